The monoisotopic (exact) mass is 377 g/mol. The van der Waals surface area contributed by atoms with Gasteiger partial charge in [0.25, 0.3) is 0 Å². The number of anilines is 1. The van der Waals surface area contributed by atoms with Crippen LogP contribution in [0.15, 0.2) is 17.2 Å². The molecule has 0 spiro atoms. The molecule has 1 fully saturated rings. The van der Waals surface area contributed by atoms with E-state index < -0.39 is 0 Å². The van der Waals surface area contributed by atoms with Crippen LogP contribution in [-0.4, -0.2) is 24.0 Å². The number of carbonyl (C=O) groups excluding carboxylic acids is 1. The molecule has 6 nitrogen and oxygen atoms in total. The smallest absolute Gasteiger partial charge is 0.228 e. The first kappa shape index (κ1) is 13.4. The number of nitrogens with zero attached hydrogens (tertiary/aromatic N) is 5. The zero-order chi connectivity index (χ0) is 13.1. The molecule has 1 aliphatic rings. The van der Waals surface area contributed by atoms with Crippen LogP contribution in [-0.2, 0) is 4.79 Å². The van der Waals surface area contributed by atoms with Crippen molar-refractivity contribution in [2.75, 3.05) is 18.0 Å². The van der Waals surface area contributed by atoms with Crippen molar-refractivity contribution in [1.29, 1.82) is 0 Å². The third-order valence-electron chi connectivity index (χ3n) is 2.67. The van der Waals surface area contributed by atoms with Gasteiger partial charge in [-0.15, -0.1) is 0 Å². The van der Waals surface area contributed by atoms with E-state index in [1.807, 2.05) is 6.07 Å². The largest absolute Gasteiger partial charge is 0.296 e. The van der Waals surface area contributed by atoms with Crippen LogP contribution in [0.3, 0.4) is 0 Å². The zero-order valence-electron chi connectivity index (χ0n) is 9.25. The Labute approximate surface area is 122 Å². The second kappa shape index (κ2) is 5.73. The van der Waals surface area contributed by atoms with Crippen LogP contribution in [0.1, 0.15) is 6.42 Å². The summed E-state index contributed by atoms with van der Waals surface area (Å²) in [5.41, 5.74) is 8.27. The Hall–Kier alpha value is -1.05. The van der Waals surface area contributed by atoms with E-state index >= 15 is 0 Å². The molecule has 1 saturated heterocycles. The van der Waals surface area contributed by atoms with Gasteiger partial charge < -0.3 is 0 Å². The van der Waals surface area contributed by atoms with E-state index in [0.29, 0.717) is 30.5 Å². The summed E-state index contributed by atoms with van der Waals surface area (Å²) < 4.78 is 0.843. The third-order valence-corrected chi connectivity index (χ3v) is 4.15. The summed E-state index contributed by atoms with van der Waals surface area (Å²) in [6, 6.07) is 3.58. The molecule has 0 N–H and O–H groups in total. The lowest BCUT2D eigenvalue weighted by Crippen LogP contribution is -2.25. The fraction of sp³-hybridized carbons (Fsp3) is 0.400. The van der Waals surface area contributed by atoms with Gasteiger partial charge in [0.15, 0.2) is 0 Å². The summed E-state index contributed by atoms with van der Waals surface area (Å²) in [5.74, 6) is 0.583. The molecule has 1 aliphatic heterocycles. The molecule has 1 aromatic rings. The Bertz CT molecular complexity index is 531. The molecule has 2 heterocycles. The number of azide groups is 1. The van der Waals surface area contributed by atoms with Gasteiger partial charge in [-0.1, -0.05) is 16.7 Å². The minimum Gasteiger partial charge on any atom is -0.296 e. The first-order valence-corrected chi connectivity index (χ1v) is 6.70. The van der Waals surface area contributed by atoms with E-state index in [1.165, 1.54) is 0 Å². The number of amides is 1. The molecule has 1 aromatic heterocycles. The molecule has 2 rings (SSSR count). The molecule has 0 radical (unpaired) electrons. The Morgan fingerprint density at radius 1 is 1.67 bits per heavy atom. The number of pyridine rings is 1. The van der Waals surface area contributed by atoms with Crippen molar-refractivity contribution < 1.29 is 4.79 Å². The SMILES string of the molecule is [N-]=[N+]=NCC1CC(=O)N(c2ccc(I)c(Cl)n2)C1. The maximum atomic E-state index is 11.9. The van der Waals surface area contributed by atoms with E-state index in [-0.39, 0.29) is 11.8 Å². The maximum Gasteiger partial charge on any atom is 0.228 e. The van der Waals surface area contributed by atoms with Crippen molar-refractivity contribution in [2.45, 2.75) is 6.42 Å². The number of hydrogen-bond donors (Lipinski definition) is 0. The maximum absolute atomic E-state index is 11.9. The number of rotatable bonds is 3. The van der Waals surface area contributed by atoms with Crippen molar-refractivity contribution in [3.8, 4) is 0 Å². The first-order chi connectivity index (χ1) is 8.61. The van der Waals surface area contributed by atoms with Gasteiger partial charge in [-0.3, -0.25) is 9.69 Å². The summed E-state index contributed by atoms with van der Waals surface area (Å²) in [6.45, 7) is 0.846. The minimum absolute atomic E-state index is 0.0158. The molecular weight excluding hydrogens is 369 g/mol. The van der Waals surface area contributed by atoms with E-state index in [2.05, 4.69) is 37.6 Å². The highest BCUT2D eigenvalue weighted by atomic mass is 127. The number of carbonyl (C=O) groups is 1. The summed E-state index contributed by atoms with van der Waals surface area (Å²) in [7, 11) is 0. The van der Waals surface area contributed by atoms with Gasteiger partial charge in [0, 0.05) is 24.4 Å². The van der Waals surface area contributed by atoms with Gasteiger partial charge in [0.05, 0.1) is 3.57 Å². The van der Waals surface area contributed by atoms with Crippen molar-refractivity contribution in [2.24, 2.45) is 11.0 Å². The Morgan fingerprint density at radius 3 is 3.11 bits per heavy atom. The Kier molecular flexibility index (Phi) is 4.26. The number of hydrogen-bond acceptors (Lipinski definition) is 3. The second-order valence-electron chi connectivity index (χ2n) is 3.93. The molecule has 0 aromatic carbocycles. The molecule has 1 unspecified atom stereocenters. The summed E-state index contributed by atoms with van der Waals surface area (Å²) in [4.78, 5) is 20.3. The lowest BCUT2D eigenvalue weighted by Gasteiger charge is -2.15. The summed E-state index contributed by atoms with van der Waals surface area (Å²) in [6.07, 6.45) is 0.379. The predicted octanol–water partition coefficient (Wildman–Crippen LogP) is 3.00. The Morgan fingerprint density at radius 2 is 2.44 bits per heavy atom. The average molecular weight is 378 g/mol. The highest BCUT2D eigenvalue weighted by molar-refractivity contribution is 14.1. The number of aromatic nitrogens is 1. The molecule has 8 heteroatoms. The van der Waals surface area contributed by atoms with Crippen LogP contribution < -0.4 is 4.90 Å². The van der Waals surface area contributed by atoms with Gasteiger partial charge in [-0.2, -0.15) is 0 Å². The molecule has 0 saturated carbocycles. The van der Waals surface area contributed by atoms with Gasteiger partial charge in [0.2, 0.25) is 5.91 Å². The standard InChI is InChI=1S/C10H9ClIN5O/c11-10-7(12)1-2-8(15-10)17-5-6(3-9(17)18)4-14-16-13/h1-2,6H,3-5H2. The Balaban J connectivity index is 2.16. The lowest BCUT2D eigenvalue weighted by atomic mass is 10.1. The summed E-state index contributed by atoms with van der Waals surface area (Å²) >= 11 is 8.02. The van der Waals surface area contributed by atoms with Crippen LogP contribution >= 0.6 is 34.2 Å². The normalized spacial score (nSPS) is 18.9. The quantitative estimate of drug-likeness (QED) is 0.267. The molecule has 18 heavy (non-hydrogen) atoms. The summed E-state index contributed by atoms with van der Waals surface area (Å²) in [5, 5.41) is 3.89. The van der Waals surface area contributed by atoms with E-state index in [1.54, 1.807) is 11.0 Å². The second-order valence-corrected chi connectivity index (χ2v) is 5.45. The van der Waals surface area contributed by atoms with Crippen LogP contribution in [0, 0.1) is 9.49 Å². The van der Waals surface area contributed by atoms with Crippen molar-refractivity contribution >= 4 is 45.9 Å². The van der Waals surface area contributed by atoms with Crippen LogP contribution in [0.25, 0.3) is 10.4 Å². The van der Waals surface area contributed by atoms with Crippen molar-refractivity contribution in [3.05, 3.63) is 31.3 Å². The lowest BCUT2D eigenvalue weighted by molar-refractivity contribution is -0.117. The fourth-order valence-corrected chi connectivity index (χ4v) is 2.29. The van der Waals surface area contributed by atoms with Gasteiger partial charge >= 0.3 is 0 Å². The van der Waals surface area contributed by atoms with Crippen molar-refractivity contribution in [3.63, 3.8) is 0 Å². The van der Waals surface area contributed by atoms with Crippen LogP contribution in [0.2, 0.25) is 5.15 Å². The molecule has 1 amide bonds. The van der Waals surface area contributed by atoms with Crippen LogP contribution in [0.5, 0.6) is 0 Å². The molecule has 0 aliphatic carbocycles. The van der Waals surface area contributed by atoms with E-state index in [4.69, 9.17) is 17.1 Å². The van der Waals surface area contributed by atoms with Gasteiger partial charge in [0.1, 0.15) is 11.0 Å². The average Bonchev–Trinajstić information content (AvgIpc) is 2.71. The molecule has 1 atom stereocenters. The van der Waals surface area contributed by atoms with Crippen molar-refractivity contribution in [1.82, 2.24) is 4.98 Å². The topological polar surface area (TPSA) is 82.0 Å². The first-order valence-electron chi connectivity index (χ1n) is 5.25. The molecule has 0 bridgehead atoms. The van der Waals surface area contributed by atoms with Gasteiger partial charge in [-0.05, 0) is 46.2 Å². The third kappa shape index (κ3) is 2.85. The van der Waals surface area contributed by atoms with Gasteiger partial charge in [-0.25, -0.2) is 4.98 Å². The zero-order valence-corrected chi connectivity index (χ0v) is 12.2. The predicted molar refractivity (Wildman–Crippen MR) is 76.4 cm³/mol. The number of halogens is 2. The van der Waals surface area contributed by atoms with Crippen LogP contribution in [0.4, 0.5) is 5.82 Å². The van der Waals surface area contributed by atoms with E-state index in [9.17, 15) is 4.79 Å². The highest BCUT2D eigenvalue weighted by Crippen LogP contribution is 2.26. The highest BCUT2D eigenvalue weighted by Gasteiger charge is 2.30. The van der Waals surface area contributed by atoms with E-state index in [0.717, 1.165) is 3.57 Å². The molecule has 94 valence electrons. The minimum atomic E-state index is -0.0158. The fourth-order valence-electron chi connectivity index (χ4n) is 1.84. The molecular formula is C10H9ClIN5O.